The zero-order chi connectivity index (χ0) is 9.90. The van der Waals surface area contributed by atoms with E-state index in [4.69, 9.17) is 4.74 Å². The SMILES string of the molecule is C=C(C)C1(O)CCC1C#CCOC. The van der Waals surface area contributed by atoms with Crippen LogP contribution >= 0.6 is 0 Å². The number of hydrogen-bond donors (Lipinski definition) is 1. The van der Waals surface area contributed by atoms with Crippen molar-refractivity contribution >= 4 is 0 Å². The van der Waals surface area contributed by atoms with Crippen LogP contribution < -0.4 is 0 Å². The maximum atomic E-state index is 10.0. The third-order valence-corrected chi connectivity index (χ3v) is 2.62. The van der Waals surface area contributed by atoms with E-state index in [1.165, 1.54) is 0 Å². The largest absolute Gasteiger partial charge is 0.384 e. The molecule has 2 atom stereocenters. The van der Waals surface area contributed by atoms with Crippen LogP contribution in [0.2, 0.25) is 0 Å². The lowest BCUT2D eigenvalue weighted by Gasteiger charge is -2.43. The molecule has 1 N–H and O–H groups in total. The number of methoxy groups -OCH3 is 1. The van der Waals surface area contributed by atoms with E-state index in [1.807, 2.05) is 6.92 Å². The molecule has 0 bridgehead atoms. The molecule has 1 aliphatic rings. The Kier molecular flexibility index (Phi) is 3.13. The third kappa shape index (κ3) is 1.93. The first-order chi connectivity index (χ1) is 6.11. The molecule has 1 aliphatic carbocycles. The summed E-state index contributed by atoms with van der Waals surface area (Å²) in [4.78, 5) is 0. The minimum Gasteiger partial charge on any atom is -0.384 e. The molecule has 0 radical (unpaired) electrons. The van der Waals surface area contributed by atoms with Gasteiger partial charge in [0.1, 0.15) is 6.61 Å². The van der Waals surface area contributed by atoms with Gasteiger partial charge in [0, 0.05) is 7.11 Å². The van der Waals surface area contributed by atoms with Gasteiger partial charge >= 0.3 is 0 Å². The van der Waals surface area contributed by atoms with Gasteiger partial charge < -0.3 is 9.84 Å². The van der Waals surface area contributed by atoms with Gasteiger partial charge in [-0.3, -0.25) is 0 Å². The summed E-state index contributed by atoms with van der Waals surface area (Å²) in [6, 6.07) is 0. The van der Waals surface area contributed by atoms with Gasteiger partial charge in [-0.2, -0.15) is 0 Å². The summed E-state index contributed by atoms with van der Waals surface area (Å²) in [5.74, 6) is 5.94. The number of hydrogen-bond acceptors (Lipinski definition) is 2. The first-order valence-corrected chi connectivity index (χ1v) is 4.47. The van der Waals surface area contributed by atoms with Gasteiger partial charge in [0.25, 0.3) is 0 Å². The van der Waals surface area contributed by atoms with Crippen LogP contribution in [-0.4, -0.2) is 24.4 Å². The van der Waals surface area contributed by atoms with Crippen LogP contribution in [0.25, 0.3) is 0 Å². The molecule has 0 aromatic heterocycles. The second-order valence-corrected chi connectivity index (χ2v) is 3.55. The molecule has 0 saturated heterocycles. The molecular weight excluding hydrogens is 164 g/mol. The standard InChI is InChI=1S/C11H16O2/c1-9(2)11(12)7-6-10(11)5-4-8-13-3/h10,12H,1,6-8H2,2-3H3. The maximum absolute atomic E-state index is 10.0. The normalized spacial score (nSPS) is 31.5. The van der Waals surface area contributed by atoms with E-state index in [2.05, 4.69) is 18.4 Å². The van der Waals surface area contributed by atoms with E-state index in [0.29, 0.717) is 6.61 Å². The summed E-state index contributed by atoms with van der Waals surface area (Å²) < 4.78 is 4.81. The van der Waals surface area contributed by atoms with E-state index in [0.717, 1.165) is 18.4 Å². The molecular formula is C11H16O2. The highest BCUT2D eigenvalue weighted by Crippen LogP contribution is 2.42. The predicted molar refractivity (Wildman–Crippen MR) is 52.1 cm³/mol. The Morgan fingerprint density at radius 2 is 2.46 bits per heavy atom. The quantitative estimate of drug-likeness (QED) is 0.513. The molecule has 0 heterocycles. The highest BCUT2D eigenvalue weighted by molar-refractivity contribution is 5.26. The second-order valence-electron chi connectivity index (χ2n) is 3.55. The Hall–Kier alpha value is -0.780. The summed E-state index contributed by atoms with van der Waals surface area (Å²) in [5.41, 5.74) is 0.0799. The molecule has 0 spiro atoms. The molecule has 0 aliphatic heterocycles. The van der Waals surface area contributed by atoms with Crippen molar-refractivity contribution in [2.75, 3.05) is 13.7 Å². The Labute approximate surface area is 79.6 Å². The summed E-state index contributed by atoms with van der Waals surface area (Å²) in [6.07, 6.45) is 1.74. The van der Waals surface area contributed by atoms with Gasteiger partial charge in [0.2, 0.25) is 0 Å². The smallest absolute Gasteiger partial charge is 0.107 e. The van der Waals surface area contributed by atoms with Crippen molar-refractivity contribution in [3.63, 3.8) is 0 Å². The molecule has 0 amide bonds. The van der Waals surface area contributed by atoms with Crippen LogP contribution in [-0.2, 0) is 4.74 Å². The lowest BCUT2D eigenvalue weighted by molar-refractivity contribution is -0.0344. The molecule has 1 saturated carbocycles. The van der Waals surface area contributed by atoms with Crippen molar-refractivity contribution in [2.45, 2.75) is 25.4 Å². The highest BCUT2D eigenvalue weighted by Gasteiger charge is 2.44. The molecule has 2 nitrogen and oxygen atoms in total. The molecule has 13 heavy (non-hydrogen) atoms. The van der Waals surface area contributed by atoms with Gasteiger partial charge in [-0.1, -0.05) is 18.4 Å². The molecule has 0 aromatic rings. The van der Waals surface area contributed by atoms with Crippen LogP contribution in [0.15, 0.2) is 12.2 Å². The van der Waals surface area contributed by atoms with Crippen molar-refractivity contribution in [3.05, 3.63) is 12.2 Å². The summed E-state index contributed by atoms with van der Waals surface area (Å²) >= 11 is 0. The van der Waals surface area contributed by atoms with Crippen LogP contribution in [0, 0.1) is 17.8 Å². The zero-order valence-electron chi connectivity index (χ0n) is 8.26. The van der Waals surface area contributed by atoms with Crippen molar-refractivity contribution in [2.24, 2.45) is 5.92 Å². The first kappa shape index (κ1) is 10.3. The highest BCUT2D eigenvalue weighted by atomic mass is 16.5. The topological polar surface area (TPSA) is 29.5 Å². The van der Waals surface area contributed by atoms with Crippen molar-refractivity contribution in [1.29, 1.82) is 0 Å². The van der Waals surface area contributed by atoms with Gasteiger partial charge in [-0.25, -0.2) is 0 Å². The summed E-state index contributed by atoms with van der Waals surface area (Å²) in [5, 5.41) is 10.0. The fourth-order valence-electron chi connectivity index (χ4n) is 1.50. The fraction of sp³-hybridized carbons (Fsp3) is 0.636. The molecule has 72 valence electrons. The zero-order valence-corrected chi connectivity index (χ0v) is 8.26. The monoisotopic (exact) mass is 180 g/mol. The molecule has 0 aromatic carbocycles. The van der Waals surface area contributed by atoms with E-state index in [9.17, 15) is 5.11 Å². The number of ether oxygens (including phenoxy) is 1. The lowest BCUT2D eigenvalue weighted by atomic mass is 9.66. The lowest BCUT2D eigenvalue weighted by Crippen LogP contribution is -2.47. The Bertz CT molecular complexity index is 259. The van der Waals surface area contributed by atoms with E-state index < -0.39 is 5.60 Å². The number of rotatable bonds is 2. The predicted octanol–water partition coefficient (Wildman–Crippen LogP) is 1.35. The molecule has 1 rings (SSSR count). The summed E-state index contributed by atoms with van der Waals surface area (Å²) in [6.45, 7) is 6.06. The Morgan fingerprint density at radius 3 is 2.85 bits per heavy atom. The van der Waals surface area contributed by atoms with Gasteiger partial charge in [-0.05, 0) is 25.3 Å². The van der Waals surface area contributed by atoms with E-state index >= 15 is 0 Å². The summed E-state index contributed by atoms with van der Waals surface area (Å²) in [7, 11) is 1.61. The average molecular weight is 180 g/mol. The number of aliphatic hydroxyl groups is 1. The Balaban J connectivity index is 2.55. The van der Waals surface area contributed by atoms with Crippen LogP contribution in [0.5, 0.6) is 0 Å². The van der Waals surface area contributed by atoms with Gasteiger partial charge in [0.15, 0.2) is 0 Å². The minimum absolute atomic E-state index is 0.0557. The maximum Gasteiger partial charge on any atom is 0.107 e. The second kappa shape index (κ2) is 3.95. The van der Waals surface area contributed by atoms with Crippen molar-refractivity contribution in [3.8, 4) is 11.8 Å². The minimum atomic E-state index is -0.735. The van der Waals surface area contributed by atoms with Crippen LogP contribution in [0.3, 0.4) is 0 Å². The van der Waals surface area contributed by atoms with Crippen LogP contribution in [0.4, 0.5) is 0 Å². The van der Waals surface area contributed by atoms with Gasteiger partial charge in [0.05, 0.1) is 11.5 Å². The van der Waals surface area contributed by atoms with Gasteiger partial charge in [-0.15, -0.1) is 0 Å². The molecule has 2 unspecified atom stereocenters. The van der Waals surface area contributed by atoms with E-state index in [-0.39, 0.29) is 5.92 Å². The third-order valence-electron chi connectivity index (χ3n) is 2.62. The van der Waals surface area contributed by atoms with E-state index in [1.54, 1.807) is 7.11 Å². The Morgan fingerprint density at radius 1 is 1.77 bits per heavy atom. The first-order valence-electron chi connectivity index (χ1n) is 4.47. The fourth-order valence-corrected chi connectivity index (χ4v) is 1.50. The average Bonchev–Trinajstić information content (AvgIpc) is 2.09. The molecule has 1 fully saturated rings. The van der Waals surface area contributed by atoms with Crippen LogP contribution in [0.1, 0.15) is 19.8 Å². The molecule has 2 heteroatoms. The van der Waals surface area contributed by atoms with Crippen molar-refractivity contribution < 1.29 is 9.84 Å². The van der Waals surface area contributed by atoms with Crippen molar-refractivity contribution in [1.82, 2.24) is 0 Å².